The predicted molar refractivity (Wildman–Crippen MR) is 230 cm³/mol. The molecular formula is C47H37N5O5S. The topological polar surface area (TPSA) is 139 Å². The van der Waals surface area contributed by atoms with Gasteiger partial charge >= 0.3 is 0 Å². The van der Waals surface area contributed by atoms with Crippen molar-refractivity contribution < 1.29 is 22.7 Å². The van der Waals surface area contributed by atoms with Crippen LogP contribution in [0.2, 0.25) is 0 Å². The van der Waals surface area contributed by atoms with Crippen molar-refractivity contribution in [3.63, 3.8) is 0 Å². The number of nitrogens with one attached hydrogen (secondary N) is 3. The summed E-state index contributed by atoms with van der Waals surface area (Å²) in [4.78, 5) is 38.3. The third kappa shape index (κ3) is 7.84. The zero-order valence-corrected chi connectivity index (χ0v) is 32.6. The number of amides is 2. The first kappa shape index (κ1) is 37.5. The second-order valence-corrected chi connectivity index (χ2v) is 15.5. The Balaban J connectivity index is 1.20. The van der Waals surface area contributed by atoms with Gasteiger partial charge in [-0.2, -0.15) is 0 Å². The maximum Gasteiger partial charge on any atom is 0.261 e. The molecule has 0 aliphatic rings. The summed E-state index contributed by atoms with van der Waals surface area (Å²) >= 11 is 0. The summed E-state index contributed by atoms with van der Waals surface area (Å²) in [5.41, 5.74) is 7.47. The molecule has 0 spiro atoms. The third-order valence-electron chi connectivity index (χ3n) is 9.76. The highest BCUT2D eigenvalue weighted by Gasteiger charge is 2.22. The molecule has 0 unspecified atom stereocenters. The van der Waals surface area contributed by atoms with Gasteiger partial charge in [-0.3, -0.25) is 14.3 Å². The second-order valence-electron chi connectivity index (χ2n) is 13.8. The molecule has 2 amide bonds. The van der Waals surface area contributed by atoms with Crippen molar-refractivity contribution in [2.75, 3.05) is 22.5 Å². The molecule has 0 bridgehead atoms. The molecule has 286 valence electrons. The van der Waals surface area contributed by atoms with Crippen LogP contribution in [-0.2, 0) is 10.0 Å². The molecule has 8 aromatic rings. The number of hydrogen-bond acceptors (Lipinski definition) is 7. The van der Waals surface area contributed by atoms with Crippen molar-refractivity contribution >= 4 is 60.7 Å². The smallest absolute Gasteiger partial charge is 0.261 e. The number of rotatable bonds is 10. The Hall–Kier alpha value is -7.37. The van der Waals surface area contributed by atoms with Crippen LogP contribution in [0.3, 0.4) is 0 Å². The first-order valence-electron chi connectivity index (χ1n) is 18.4. The van der Waals surface area contributed by atoms with Crippen molar-refractivity contribution in [2.24, 2.45) is 0 Å². The minimum atomic E-state index is -4.18. The predicted octanol–water partition coefficient (Wildman–Crippen LogP) is 10.0. The molecule has 0 fully saturated rings. The highest BCUT2D eigenvalue weighted by molar-refractivity contribution is 7.92. The van der Waals surface area contributed by atoms with Crippen LogP contribution in [0.25, 0.3) is 44.3 Å². The first-order chi connectivity index (χ1) is 28.0. The molecule has 0 saturated heterocycles. The van der Waals surface area contributed by atoms with Crippen LogP contribution in [0.5, 0.6) is 5.75 Å². The zero-order valence-electron chi connectivity index (χ0n) is 31.8. The number of fused-ring (bicyclic) bond motifs is 2. The number of carbonyl (C=O) groups is 2. The molecule has 0 atom stereocenters. The lowest BCUT2D eigenvalue weighted by Gasteiger charge is -2.17. The van der Waals surface area contributed by atoms with E-state index in [0.29, 0.717) is 55.8 Å². The van der Waals surface area contributed by atoms with E-state index in [1.807, 2.05) is 105 Å². The van der Waals surface area contributed by atoms with E-state index in [1.54, 1.807) is 42.5 Å². The van der Waals surface area contributed by atoms with Crippen molar-refractivity contribution in [3.8, 4) is 28.3 Å². The van der Waals surface area contributed by atoms with Gasteiger partial charge in [-0.15, -0.1) is 0 Å². The lowest BCUT2D eigenvalue weighted by atomic mass is 10.0. The number of carbonyl (C=O) groups excluding carboxylic acids is 2. The zero-order chi connectivity index (χ0) is 40.4. The molecule has 2 heterocycles. The fraction of sp³-hybridized carbons (Fsp3) is 0.0638. The molecule has 6 aromatic carbocycles. The number of methoxy groups -OCH3 is 1. The normalized spacial score (nSPS) is 11.3. The van der Waals surface area contributed by atoms with Crippen LogP contribution in [0, 0.1) is 13.8 Å². The summed E-state index contributed by atoms with van der Waals surface area (Å²) in [6.45, 7) is 3.99. The quantitative estimate of drug-likeness (QED) is 0.125. The van der Waals surface area contributed by atoms with Crippen molar-refractivity contribution in [3.05, 3.63) is 174 Å². The number of aromatic nitrogens is 2. The lowest BCUT2D eigenvalue weighted by molar-refractivity contribution is 0.101. The molecule has 0 aliphatic heterocycles. The Morgan fingerprint density at radius 3 is 1.53 bits per heavy atom. The maximum absolute atomic E-state index is 14.4. The molecule has 8 rings (SSSR count). The van der Waals surface area contributed by atoms with Crippen LogP contribution in [0.4, 0.5) is 17.1 Å². The standard InChI is InChI=1S/C47H37N5O5S/c1-29-12-16-31(17-13-29)43-27-38(36-8-4-6-10-40(36)48-43)46(53)50-42-25-24-35(58(55,56)52-33-20-22-34(57-3)23-21-33)26-45(42)51-47(54)39-28-44(32-18-14-30(2)15-19-32)49-41-11-7-5-9-37(39)41/h4-28,52H,1-3H3,(H,50,53)(H,51,54). The Labute approximate surface area is 335 Å². The van der Waals surface area contributed by atoms with Gasteiger partial charge in [0, 0.05) is 27.6 Å². The highest BCUT2D eigenvalue weighted by atomic mass is 32.2. The third-order valence-corrected chi connectivity index (χ3v) is 11.1. The minimum Gasteiger partial charge on any atom is -0.497 e. The van der Waals surface area contributed by atoms with E-state index in [2.05, 4.69) is 15.4 Å². The van der Waals surface area contributed by atoms with E-state index in [0.717, 1.165) is 22.3 Å². The van der Waals surface area contributed by atoms with E-state index < -0.39 is 21.8 Å². The monoisotopic (exact) mass is 783 g/mol. The number of hydrogen-bond donors (Lipinski definition) is 3. The van der Waals surface area contributed by atoms with Crippen LogP contribution >= 0.6 is 0 Å². The number of aryl methyl sites for hydroxylation is 2. The van der Waals surface area contributed by atoms with E-state index in [-0.39, 0.29) is 16.3 Å². The SMILES string of the molecule is COc1ccc(NS(=O)(=O)c2ccc(NC(=O)c3cc(-c4ccc(C)cc4)nc4ccccc34)c(NC(=O)c3cc(-c4ccc(C)cc4)nc4ccccc34)c2)cc1. The van der Waals surface area contributed by atoms with Crippen LogP contribution < -0.4 is 20.1 Å². The first-order valence-corrected chi connectivity index (χ1v) is 19.9. The minimum absolute atomic E-state index is 0.0610. The van der Waals surface area contributed by atoms with Gasteiger partial charge in [0.2, 0.25) is 0 Å². The van der Waals surface area contributed by atoms with Crippen LogP contribution in [-0.4, -0.2) is 37.3 Å². The number of ether oxygens (including phenoxy) is 1. The molecular weight excluding hydrogens is 747 g/mol. The van der Waals surface area contributed by atoms with E-state index in [1.165, 1.54) is 25.3 Å². The molecule has 58 heavy (non-hydrogen) atoms. The fourth-order valence-corrected chi connectivity index (χ4v) is 7.71. The average Bonchev–Trinajstić information content (AvgIpc) is 3.24. The molecule has 0 radical (unpaired) electrons. The van der Waals surface area contributed by atoms with E-state index >= 15 is 0 Å². The lowest BCUT2D eigenvalue weighted by Crippen LogP contribution is -2.19. The fourth-order valence-electron chi connectivity index (χ4n) is 6.63. The number of benzene rings is 6. The van der Waals surface area contributed by atoms with Crippen LogP contribution in [0.1, 0.15) is 31.8 Å². The molecule has 3 N–H and O–H groups in total. The van der Waals surface area contributed by atoms with Gasteiger partial charge in [-0.1, -0.05) is 96.1 Å². The Kier molecular flexibility index (Phi) is 10.1. The molecule has 10 nitrogen and oxygen atoms in total. The van der Waals surface area contributed by atoms with E-state index in [9.17, 15) is 18.0 Å². The van der Waals surface area contributed by atoms with Crippen molar-refractivity contribution in [2.45, 2.75) is 18.7 Å². The number of para-hydroxylation sites is 2. The second kappa shape index (κ2) is 15.6. The molecule has 0 aliphatic carbocycles. The Bertz CT molecular complexity index is 2970. The summed E-state index contributed by atoms with van der Waals surface area (Å²) in [5, 5.41) is 7.11. The number of nitrogens with zero attached hydrogens (tertiary/aromatic N) is 2. The molecule has 0 saturated carbocycles. The van der Waals surface area contributed by atoms with E-state index in [4.69, 9.17) is 14.7 Å². The summed E-state index contributed by atoms with van der Waals surface area (Å²) in [6.07, 6.45) is 0. The number of anilines is 3. The highest BCUT2D eigenvalue weighted by Crippen LogP contribution is 2.32. The van der Waals surface area contributed by atoms with Gasteiger partial charge < -0.3 is 15.4 Å². The average molecular weight is 784 g/mol. The van der Waals surface area contributed by atoms with Crippen LogP contribution in [0.15, 0.2) is 157 Å². The van der Waals surface area contributed by atoms with Gasteiger partial charge in [0.05, 0.1) is 56.9 Å². The van der Waals surface area contributed by atoms with Gasteiger partial charge in [0.1, 0.15) is 5.75 Å². The van der Waals surface area contributed by atoms with Crippen molar-refractivity contribution in [1.29, 1.82) is 0 Å². The summed E-state index contributed by atoms with van der Waals surface area (Å²) in [6, 6.07) is 44.4. The van der Waals surface area contributed by atoms with Gasteiger partial charge in [0.25, 0.3) is 21.8 Å². The van der Waals surface area contributed by atoms with Gasteiger partial charge in [0.15, 0.2) is 0 Å². The molecule has 2 aromatic heterocycles. The van der Waals surface area contributed by atoms with Gasteiger partial charge in [-0.05, 0) is 80.6 Å². The largest absolute Gasteiger partial charge is 0.497 e. The maximum atomic E-state index is 14.4. The summed E-state index contributed by atoms with van der Waals surface area (Å²) in [5.74, 6) is -0.447. The van der Waals surface area contributed by atoms with Gasteiger partial charge in [-0.25, -0.2) is 18.4 Å². The number of sulfonamides is 1. The summed E-state index contributed by atoms with van der Waals surface area (Å²) in [7, 11) is -2.65. The Morgan fingerprint density at radius 1 is 0.552 bits per heavy atom. The Morgan fingerprint density at radius 2 is 1.03 bits per heavy atom. The summed E-state index contributed by atoms with van der Waals surface area (Å²) < 4.78 is 35.4. The van der Waals surface area contributed by atoms with Crippen molar-refractivity contribution in [1.82, 2.24) is 9.97 Å². The number of pyridine rings is 2. The molecule has 11 heteroatoms.